The number of hydrogen-bond acceptors (Lipinski definition) is 3. The van der Waals surface area contributed by atoms with E-state index in [0.29, 0.717) is 18.7 Å². The average Bonchev–Trinajstić information content (AvgIpc) is 2.62. The summed E-state index contributed by atoms with van der Waals surface area (Å²) in [7, 11) is 0. The summed E-state index contributed by atoms with van der Waals surface area (Å²) in [5, 5.41) is 5.39. The molecule has 2 rings (SSSR count). The van der Waals surface area contributed by atoms with E-state index in [9.17, 15) is 9.59 Å². The fourth-order valence-corrected chi connectivity index (χ4v) is 2.26. The fraction of sp³-hybridized carbons (Fsp3) is 0.158. The second kappa shape index (κ2) is 9.64. The van der Waals surface area contributed by atoms with Crippen LogP contribution in [0, 0.1) is 0 Å². The molecule has 2 aromatic rings. The standard InChI is InChI=1S/C19H19BrN2O3/c1-2-25-18(23)16-7-3-15(4-8-16)13-22-19(24)21-12-11-14-5-9-17(20)10-6-14/h3-12H,2,13H2,1H3,(H2,21,22,24)/b12-11+. The van der Waals surface area contributed by atoms with Crippen LogP contribution in [0.1, 0.15) is 28.4 Å². The number of amides is 2. The second-order valence-electron chi connectivity index (χ2n) is 5.13. The second-order valence-corrected chi connectivity index (χ2v) is 6.04. The van der Waals surface area contributed by atoms with Gasteiger partial charge in [-0.05, 0) is 48.4 Å². The molecule has 5 nitrogen and oxygen atoms in total. The van der Waals surface area contributed by atoms with Crippen molar-refractivity contribution in [1.82, 2.24) is 10.6 Å². The summed E-state index contributed by atoms with van der Waals surface area (Å²) in [6.45, 7) is 2.47. The SMILES string of the molecule is CCOC(=O)c1ccc(CNC(=O)N/C=C/c2ccc(Br)cc2)cc1. The smallest absolute Gasteiger partial charge is 0.338 e. The molecule has 0 aliphatic carbocycles. The number of ether oxygens (including phenoxy) is 1. The molecule has 0 bridgehead atoms. The third-order valence-corrected chi connectivity index (χ3v) is 3.81. The normalized spacial score (nSPS) is 10.5. The topological polar surface area (TPSA) is 67.4 Å². The van der Waals surface area contributed by atoms with Gasteiger partial charge in [-0.1, -0.05) is 40.2 Å². The molecule has 25 heavy (non-hydrogen) atoms. The number of carbonyl (C=O) groups excluding carboxylic acids is 2. The van der Waals surface area contributed by atoms with Crippen LogP contribution >= 0.6 is 15.9 Å². The fourth-order valence-electron chi connectivity index (χ4n) is 1.99. The number of benzene rings is 2. The van der Waals surface area contributed by atoms with Gasteiger partial charge < -0.3 is 15.4 Å². The molecule has 2 aromatic carbocycles. The highest BCUT2D eigenvalue weighted by Crippen LogP contribution is 2.11. The van der Waals surface area contributed by atoms with Crippen molar-refractivity contribution in [2.75, 3.05) is 6.61 Å². The van der Waals surface area contributed by atoms with Crippen LogP contribution < -0.4 is 10.6 Å². The molecule has 0 saturated carbocycles. The van der Waals surface area contributed by atoms with E-state index in [1.54, 1.807) is 43.5 Å². The highest BCUT2D eigenvalue weighted by atomic mass is 79.9. The first-order chi connectivity index (χ1) is 12.1. The Labute approximate surface area is 155 Å². The molecule has 0 aromatic heterocycles. The molecule has 0 unspecified atom stereocenters. The van der Waals surface area contributed by atoms with Crippen molar-refractivity contribution in [3.63, 3.8) is 0 Å². The zero-order valence-corrected chi connectivity index (χ0v) is 15.4. The van der Waals surface area contributed by atoms with Crippen molar-refractivity contribution >= 4 is 34.0 Å². The molecular formula is C19H19BrN2O3. The molecule has 0 saturated heterocycles. The van der Waals surface area contributed by atoms with E-state index in [1.165, 1.54) is 0 Å². The first-order valence-corrected chi connectivity index (χ1v) is 8.60. The summed E-state index contributed by atoms with van der Waals surface area (Å²) < 4.78 is 5.93. The Morgan fingerprint density at radius 2 is 1.76 bits per heavy atom. The van der Waals surface area contributed by atoms with Crippen molar-refractivity contribution in [3.8, 4) is 0 Å². The third-order valence-electron chi connectivity index (χ3n) is 3.28. The van der Waals surface area contributed by atoms with Crippen LogP contribution in [0.2, 0.25) is 0 Å². The van der Waals surface area contributed by atoms with Crippen LogP contribution in [-0.4, -0.2) is 18.6 Å². The Kier molecular flexibility index (Phi) is 7.22. The summed E-state index contributed by atoms with van der Waals surface area (Å²) in [5.74, 6) is -0.349. The molecule has 0 fully saturated rings. The number of carbonyl (C=O) groups is 2. The Bertz CT molecular complexity index is 740. The molecule has 2 N–H and O–H groups in total. The maximum absolute atomic E-state index is 11.8. The Morgan fingerprint density at radius 1 is 1.08 bits per heavy atom. The van der Waals surface area contributed by atoms with Crippen LogP contribution in [0.5, 0.6) is 0 Å². The monoisotopic (exact) mass is 402 g/mol. The van der Waals surface area contributed by atoms with Crippen LogP contribution in [0.4, 0.5) is 4.79 Å². The zero-order valence-electron chi connectivity index (χ0n) is 13.8. The lowest BCUT2D eigenvalue weighted by Crippen LogP contribution is -2.31. The van der Waals surface area contributed by atoms with E-state index in [4.69, 9.17) is 4.74 Å². The quantitative estimate of drug-likeness (QED) is 0.714. The molecule has 0 aliphatic heterocycles. The van der Waals surface area contributed by atoms with Crippen molar-refractivity contribution in [1.29, 1.82) is 0 Å². The Hall–Kier alpha value is -2.60. The van der Waals surface area contributed by atoms with Gasteiger partial charge in [0, 0.05) is 17.2 Å². The van der Waals surface area contributed by atoms with Gasteiger partial charge in [-0.15, -0.1) is 0 Å². The molecule has 0 radical (unpaired) electrons. The molecule has 2 amide bonds. The predicted octanol–water partition coefficient (Wildman–Crippen LogP) is 4.10. The van der Waals surface area contributed by atoms with E-state index in [0.717, 1.165) is 15.6 Å². The highest BCUT2D eigenvalue weighted by molar-refractivity contribution is 9.10. The number of halogens is 1. The minimum Gasteiger partial charge on any atom is -0.462 e. The van der Waals surface area contributed by atoms with E-state index in [2.05, 4.69) is 26.6 Å². The first kappa shape index (κ1) is 18.7. The van der Waals surface area contributed by atoms with Gasteiger partial charge >= 0.3 is 12.0 Å². The lowest BCUT2D eigenvalue weighted by molar-refractivity contribution is 0.0526. The van der Waals surface area contributed by atoms with E-state index < -0.39 is 0 Å². The third kappa shape index (κ3) is 6.43. The summed E-state index contributed by atoms with van der Waals surface area (Å²) in [6.07, 6.45) is 3.39. The lowest BCUT2D eigenvalue weighted by Gasteiger charge is -2.06. The Balaban J connectivity index is 1.77. The van der Waals surface area contributed by atoms with Gasteiger partial charge in [-0.3, -0.25) is 0 Å². The first-order valence-electron chi connectivity index (χ1n) is 7.81. The van der Waals surface area contributed by atoms with E-state index in [1.807, 2.05) is 24.3 Å². The zero-order chi connectivity index (χ0) is 18.1. The molecule has 6 heteroatoms. The summed E-state index contributed by atoms with van der Waals surface area (Å²) in [5.41, 5.74) is 2.37. The summed E-state index contributed by atoms with van der Waals surface area (Å²) >= 11 is 3.37. The summed E-state index contributed by atoms with van der Waals surface area (Å²) in [4.78, 5) is 23.3. The molecule has 0 atom stereocenters. The van der Waals surface area contributed by atoms with Crippen molar-refractivity contribution < 1.29 is 14.3 Å². The van der Waals surface area contributed by atoms with Gasteiger partial charge in [0.2, 0.25) is 0 Å². The van der Waals surface area contributed by atoms with Crippen molar-refractivity contribution in [2.24, 2.45) is 0 Å². The number of rotatable bonds is 6. The molecule has 0 heterocycles. The Morgan fingerprint density at radius 3 is 2.40 bits per heavy atom. The largest absolute Gasteiger partial charge is 0.462 e. The van der Waals surface area contributed by atoms with E-state index >= 15 is 0 Å². The highest BCUT2D eigenvalue weighted by Gasteiger charge is 2.05. The predicted molar refractivity (Wildman–Crippen MR) is 101 cm³/mol. The average molecular weight is 403 g/mol. The number of urea groups is 1. The summed E-state index contributed by atoms with van der Waals surface area (Å²) in [6, 6.07) is 14.4. The van der Waals surface area contributed by atoms with Crippen molar-refractivity contribution in [2.45, 2.75) is 13.5 Å². The van der Waals surface area contributed by atoms with Gasteiger partial charge in [-0.25, -0.2) is 9.59 Å². The molecule has 0 spiro atoms. The lowest BCUT2D eigenvalue weighted by atomic mass is 10.1. The maximum atomic E-state index is 11.8. The number of nitrogens with one attached hydrogen (secondary N) is 2. The molecule has 130 valence electrons. The molecular weight excluding hydrogens is 384 g/mol. The van der Waals surface area contributed by atoms with Crippen LogP contribution in [0.15, 0.2) is 59.2 Å². The molecule has 0 aliphatic rings. The van der Waals surface area contributed by atoms with E-state index in [-0.39, 0.29) is 12.0 Å². The van der Waals surface area contributed by atoms with Crippen LogP contribution in [0.3, 0.4) is 0 Å². The minimum atomic E-state index is -0.349. The van der Waals surface area contributed by atoms with Crippen LogP contribution in [0.25, 0.3) is 6.08 Å². The van der Waals surface area contributed by atoms with Crippen LogP contribution in [-0.2, 0) is 11.3 Å². The van der Waals surface area contributed by atoms with Crippen molar-refractivity contribution in [3.05, 3.63) is 75.9 Å². The maximum Gasteiger partial charge on any atom is 0.338 e. The van der Waals surface area contributed by atoms with Gasteiger partial charge in [0.25, 0.3) is 0 Å². The van der Waals surface area contributed by atoms with Gasteiger partial charge in [0.15, 0.2) is 0 Å². The number of hydrogen-bond donors (Lipinski definition) is 2. The number of esters is 1. The van der Waals surface area contributed by atoms with Gasteiger partial charge in [-0.2, -0.15) is 0 Å². The van der Waals surface area contributed by atoms with Gasteiger partial charge in [0.05, 0.1) is 12.2 Å². The minimum absolute atomic E-state index is 0.303. The van der Waals surface area contributed by atoms with Gasteiger partial charge in [0.1, 0.15) is 0 Å².